The van der Waals surface area contributed by atoms with Crippen LogP contribution in [-0.4, -0.2) is 11.1 Å². The van der Waals surface area contributed by atoms with Crippen LogP contribution in [0.2, 0.25) is 5.02 Å². The maximum absolute atomic E-state index is 10.1. The van der Waals surface area contributed by atoms with Crippen LogP contribution in [0.5, 0.6) is 0 Å². The first-order chi connectivity index (χ1) is 7.41. The highest BCUT2D eigenvalue weighted by Crippen LogP contribution is 2.29. The molecule has 0 aliphatic heterocycles. The summed E-state index contributed by atoms with van der Waals surface area (Å²) in [5.74, 6) is 0.454. The van der Waals surface area contributed by atoms with Crippen LogP contribution in [0.15, 0.2) is 22.7 Å². The summed E-state index contributed by atoms with van der Waals surface area (Å²) in [7, 11) is 0. The quantitative estimate of drug-likeness (QED) is 0.894. The van der Waals surface area contributed by atoms with Crippen LogP contribution in [0.4, 0.5) is 0 Å². The molecule has 0 radical (unpaired) electrons. The Hall–Kier alpha value is -0.0900. The second-order valence-electron chi connectivity index (χ2n) is 4.40. The summed E-state index contributed by atoms with van der Waals surface area (Å²) < 4.78 is 0.891. The van der Waals surface area contributed by atoms with E-state index in [1.807, 2.05) is 12.1 Å². The van der Waals surface area contributed by atoms with E-state index >= 15 is 0 Å². The van der Waals surface area contributed by atoms with Crippen LogP contribution in [0.25, 0.3) is 0 Å². The fourth-order valence-electron chi connectivity index (χ4n) is 1.65. The normalized spacial score (nSPS) is 15.2. The van der Waals surface area contributed by atoms with Crippen molar-refractivity contribution in [1.82, 2.24) is 0 Å². The molecule has 3 N–H and O–H groups in total. The molecule has 1 aromatic carbocycles. The van der Waals surface area contributed by atoms with Crippen LogP contribution >= 0.6 is 27.5 Å². The largest absolute Gasteiger partial charge is 0.387 e. The molecule has 1 aromatic rings. The predicted octanol–water partition coefficient (Wildman–Crippen LogP) is 3.51. The van der Waals surface area contributed by atoms with Gasteiger partial charge >= 0.3 is 0 Å². The first kappa shape index (κ1) is 14.0. The number of aliphatic hydroxyl groups is 1. The van der Waals surface area contributed by atoms with Gasteiger partial charge in [0.05, 0.1) is 6.10 Å². The van der Waals surface area contributed by atoms with Crippen molar-refractivity contribution in [3.8, 4) is 0 Å². The molecule has 2 nitrogen and oxygen atoms in total. The molecule has 0 heterocycles. The highest BCUT2D eigenvalue weighted by atomic mass is 79.9. The Morgan fingerprint density at radius 2 is 2.06 bits per heavy atom. The minimum Gasteiger partial charge on any atom is -0.387 e. The summed E-state index contributed by atoms with van der Waals surface area (Å²) in [6.45, 7) is 4.16. The Balaban J connectivity index is 2.86. The lowest BCUT2D eigenvalue weighted by Crippen LogP contribution is -2.30. The maximum Gasteiger partial charge on any atom is 0.0955 e. The average Bonchev–Trinajstić information content (AvgIpc) is 2.19. The van der Waals surface area contributed by atoms with Crippen molar-refractivity contribution >= 4 is 27.5 Å². The zero-order chi connectivity index (χ0) is 12.3. The Bertz CT molecular complexity index is 357. The monoisotopic (exact) mass is 305 g/mol. The van der Waals surface area contributed by atoms with E-state index in [2.05, 4.69) is 29.8 Å². The number of aliphatic hydroxyl groups excluding tert-OH is 1. The van der Waals surface area contributed by atoms with Gasteiger partial charge in [-0.05, 0) is 30.5 Å². The number of hydrogen-bond donors (Lipinski definition) is 2. The molecule has 0 aliphatic carbocycles. The molecule has 2 unspecified atom stereocenters. The minimum atomic E-state index is -0.715. The van der Waals surface area contributed by atoms with E-state index in [-0.39, 0.29) is 6.04 Å². The number of hydrogen-bond acceptors (Lipinski definition) is 2. The summed E-state index contributed by atoms with van der Waals surface area (Å²) in [5, 5.41) is 10.7. The van der Waals surface area contributed by atoms with Gasteiger partial charge < -0.3 is 10.8 Å². The summed E-state index contributed by atoms with van der Waals surface area (Å²) >= 11 is 9.39. The molecule has 1 rings (SSSR count). The van der Waals surface area contributed by atoms with Gasteiger partial charge in [-0.15, -0.1) is 0 Å². The molecule has 0 aromatic heterocycles. The summed E-state index contributed by atoms with van der Waals surface area (Å²) in [4.78, 5) is 0. The fraction of sp³-hybridized carbons (Fsp3) is 0.500. The van der Waals surface area contributed by atoms with Crippen molar-refractivity contribution < 1.29 is 5.11 Å². The highest BCUT2D eigenvalue weighted by molar-refractivity contribution is 9.10. The predicted molar refractivity (Wildman–Crippen MR) is 71.5 cm³/mol. The van der Waals surface area contributed by atoms with Crippen molar-refractivity contribution in [1.29, 1.82) is 0 Å². The zero-order valence-electron chi connectivity index (χ0n) is 9.45. The maximum atomic E-state index is 10.1. The lowest BCUT2D eigenvalue weighted by atomic mass is 9.95. The lowest BCUT2D eigenvalue weighted by Gasteiger charge is -2.21. The van der Waals surface area contributed by atoms with E-state index in [9.17, 15) is 5.11 Å². The van der Waals surface area contributed by atoms with E-state index in [0.717, 1.165) is 10.9 Å². The van der Waals surface area contributed by atoms with Crippen molar-refractivity contribution in [2.45, 2.75) is 32.4 Å². The van der Waals surface area contributed by atoms with Gasteiger partial charge in [0.25, 0.3) is 0 Å². The van der Waals surface area contributed by atoms with E-state index in [1.54, 1.807) is 6.07 Å². The van der Waals surface area contributed by atoms with Crippen molar-refractivity contribution in [2.75, 3.05) is 0 Å². The molecule has 0 fully saturated rings. The van der Waals surface area contributed by atoms with Crippen LogP contribution < -0.4 is 5.73 Å². The Labute approximate surface area is 110 Å². The lowest BCUT2D eigenvalue weighted by molar-refractivity contribution is 0.136. The topological polar surface area (TPSA) is 46.2 Å². The third-order valence-electron chi connectivity index (χ3n) is 2.43. The molecule has 0 saturated heterocycles. The SMILES string of the molecule is CC(C)CC(N)C(O)c1cc(Br)ccc1Cl. The third kappa shape index (κ3) is 3.74. The van der Waals surface area contributed by atoms with Gasteiger partial charge in [0.1, 0.15) is 0 Å². The van der Waals surface area contributed by atoms with Gasteiger partial charge in [-0.2, -0.15) is 0 Å². The van der Waals surface area contributed by atoms with Crippen molar-refractivity contribution in [3.05, 3.63) is 33.3 Å². The first-order valence-corrected chi connectivity index (χ1v) is 6.47. The van der Waals surface area contributed by atoms with Crippen molar-refractivity contribution in [2.24, 2.45) is 11.7 Å². The minimum absolute atomic E-state index is 0.285. The molecule has 0 bridgehead atoms. The molecule has 0 spiro atoms. The van der Waals surface area contributed by atoms with Gasteiger partial charge in [-0.3, -0.25) is 0 Å². The van der Waals surface area contributed by atoms with Crippen LogP contribution in [-0.2, 0) is 0 Å². The summed E-state index contributed by atoms with van der Waals surface area (Å²) in [6.07, 6.45) is 0.0525. The molecule has 0 saturated carbocycles. The molecule has 0 amide bonds. The summed E-state index contributed by atoms with van der Waals surface area (Å²) in [6, 6.07) is 5.12. The van der Waals surface area contributed by atoms with Gasteiger partial charge in [-0.1, -0.05) is 41.4 Å². The van der Waals surface area contributed by atoms with Crippen molar-refractivity contribution in [3.63, 3.8) is 0 Å². The molecule has 90 valence electrons. The van der Waals surface area contributed by atoms with Gasteiger partial charge in [-0.25, -0.2) is 0 Å². The van der Waals surface area contributed by atoms with E-state index in [4.69, 9.17) is 17.3 Å². The second-order valence-corrected chi connectivity index (χ2v) is 5.73. The number of benzene rings is 1. The Kier molecular flexibility index (Phi) is 5.25. The molecule has 16 heavy (non-hydrogen) atoms. The van der Waals surface area contributed by atoms with Crippen LogP contribution in [0, 0.1) is 5.92 Å². The third-order valence-corrected chi connectivity index (χ3v) is 3.26. The first-order valence-electron chi connectivity index (χ1n) is 5.30. The fourth-order valence-corrected chi connectivity index (χ4v) is 2.25. The van der Waals surface area contributed by atoms with Gasteiger partial charge in [0.2, 0.25) is 0 Å². The Morgan fingerprint density at radius 1 is 1.44 bits per heavy atom. The zero-order valence-corrected chi connectivity index (χ0v) is 11.8. The van der Waals surface area contributed by atoms with Crippen LogP contribution in [0.3, 0.4) is 0 Å². The number of halogens is 2. The smallest absolute Gasteiger partial charge is 0.0955 e. The van der Waals surface area contributed by atoms with Gasteiger partial charge in [0, 0.05) is 21.1 Å². The molecule has 0 aliphatic rings. The molecular weight excluding hydrogens is 289 g/mol. The molecule has 2 atom stereocenters. The highest BCUT2D eigenvalue weighted by Gasteiger charge is 2.20. The Morgan fingerprint density at radius 3 is 2.62 bits per heavy atom. The number of rotatable bonds is 4. The average molecular weight is 307 g/mol. The standard InChI is InChI=1S/C12H17BrClNO/c1-7(2)5-11(15)12(16)9-6-8(13)3-4-10(9)14/h3-4,6-7,11-12,16H,5,15H2,1-2H3. The second kappa shape index (κ2) is 6.01. The molecule has 4 heteroatoms. The van der Waals surface area contributed by atoms with E-state index in [0.29, 0.717) is 16.5 Å². The molecular formula is C12H17BrClNO. The summed E-state index contributed by atoms with van der Waals surface area (Å²) in [5.41, 5.74) is 6.63. The van der Waals surface area contributed by atoms with E-state index in [1.165, 1.54) is 0 Å². The van der Waals surface area contributed by atoms with Gasteiger partial charge in [0.15, 0.2) is 0 Å². The van der Waals surface area contributed by atoms with E-state index < -0.39 is 6.10 Å². The van der Waals surface area contributed by atoms with Crippen LogP contribution in [0.1, 0.15) is 31.9 Å². The number of nitrogens with two attached hydrogens (primary N) is 1.